The van der Waals surface area contributed by atoms with E-state index in [0.717, 1.165) is 25.7 Å². The number of fused-ring (bicyclic) bond motifs is 1. The summed E-state index contributed by atoms with van der Waals surface area (Å²) in [6.45, 7) is 2.63. The molecule has 1 saturated carbocycles. The Balaban J connectivity index is 1.83. The summed E-state index contributed by atoms with van der Waals surface area (Å²) in [7, 11) is 0. The van der Waals surface area contributed by atoms with Crippen molar-refractivity contribution < 1.29 is 19.1 Å². The predicted octanol–water partition coefficient (Wildman–Crippen LogP) is 3.25. The first-order chi connectivity index (χ1) is 10.6. The van der Waals surface area contributed by atoms with Crippen LogP contribution in [0.1, 0.15) is 60.1 Å². The standard InChI is InChI=1S/C16H20N2O4/c1-2-18(10-6-4-3-5-7-10)15(19)14-8-11-13(22-14)9-12(17-11)16(20)21/h8-10,17H,2-7H2,1H3,(H,20,21). The van der Waals surface area contributed by atoms with E-state index in [9.17, 15) is 9.59 Å². The molecule has 0 saturated heterocycles. The lowest BCUT2D eigenvalue weighted by atomic mass is 9.94. The monoisotopic (exact) mass is 304 g/mol. The van der Waals surface area contributed by atoms with E-state index in [1.54, 1.807) is 6.07 Å². The Kier molecular flexibility index (Phi) is 3.92. The number of aromatic carboxylic acids is 1. The highest BCUT2D eigenvalue weighted by atomic mass is 16.4. The number of hydrogen-bond acceptors (Lipinski definition) is 3. The summed E-state index contributed by atoms with van der Waals surface area (Å²) in [5.74, 6) is -0.891. The summed E-state index contributed by atoms with van der Waals surface area (Å²) in [6, 6.07) is 3.28. The van der Waals surface area contributed by atoms with Crippen molar-refractivity contribution in [2.24, 2.45) is 0 Å². The van der Waals surface area contributed by atoms with Crippen molar-refractivity contribution >= 4 is 23.0 Å². The normalized spacial score (nSPS) is 16.0. The zero-order valence-corrected chi connectivity index (χ0v) is 12.6. The second-order valence-electron chi connectivity index (χ2n) is 5.76. The molecule has 0 radical (unpaired) electrons. The summed E-state index contributed by atoms with van der Waals surface area (Å²) in [5.41, 5.74) is 1.01. The van der Waals surface area contributed by atoms with Gasteiger partial charge in [0.1, 0.15) is 5.69 Å². The van der Waals surface area contributed by atoms with Gasteiger partial charge in [-0.05, 0) is 19.8 Å². The van der Waals surface area contributed by atoms with Crippen LogP contribution in [-0.4, -0.2) is 39.5 Å². The highest BCUT2D eigenvalue weighted by Gasteiger charge is 2.27. The highest BCUT2D eigenvalue weighted by Crippen LogP contribution is 2.26. The third kappa shape index (κ3) is 2.61. The second-order valence-corrected chi connectivity index (χ2v) is 5.76. The van der Waals surface area contributed by atoms with Gasteiger partial charge >= 0.3 is 5.97 Å². The van der Waals surface area contributed by atoms with E-state index in [1.165, 1.54) is 12.5 Å². The number of nitrogens with zero attached hydrogens (tertiary/aromatic N) is 1. The van der Waals surface area contributed by atoms with Crippen LogP contribution in [0.2, 0.25) is 0 Å². The summed E-state index contributed by atoms with van der Waals surface area (Å²) in [5, 5.41) is 8.93. The fourth-order valence-corrected chi connectivity index (χ4v) is 3.24. The fourth-order valence-electron chi connectivity index (χ4n) is 3.24. The maximum Gasteiger partial charge on any atom is 0.352 e. The quantitative estimate of drug-likeness (QED) is 0.907. The molecule has 1 amide bonds. The van der Waals surface area contributed by atoms with Gasteiger partial charge < -0.3 is 19.4 Å². The van der Waals surface area contributed by atoms with Gasteiger partial charge in [-0.15, -0.1) is 0 Å². The first kappa shape index (κ1) is 14.7. The number of carbonyl (C=O) groups excluding carboxylic acids is 1. The van der Waals surface area contributed by atoms with E-state index in [4.69, 9.17) is 9.52 Å². The van der Waals surface area contributed by atoms with Gasteiger partial charge in [-0.25, -0.2) is 4.79 Å². The van der Waals surface area contributed by atoms with Gasteiger partial charge in [-0.3, -0.25) is 4.79 Å². The summed E-state index contributed by atoms with van der Waals surface area (Å²) >= 11 is 0. The number of nitrogens with one attached hydrogen (secondary N) is 1. The number of carboxylic acid groups (broad SMARTS) is 1. The van der Waals surface area contributed by atoms with Gasteiger partial charge in [0.05, 0.1) is 5.52 Å². The maximum atomic E-state index is 12.7. The van der Waals surface area contributed by atoms with Crippen LogP contribution in [0.5, 0.6) is 0 Å². The minimum absolute atomic E-state index is 0.0624. The molecule has 0 aliphatic heterocycles. The van der Waals surface area contributed by atoms with Crippen LogP contribution < -0.4 is 0 Å². The van der Waals surface area contributed by atoms with E-state index >= 15 is 0 Å². The Morgan fingerprint density at radius 3 is 2.64 bits per heavy atom. The molecular weight excluding hydrogens is 284 g/mol. The average molecular weight is 304 g/mol. The molecule has 0 spiro atoms. The molecule has 2 aromatic heterocycles. The molecule has 0 bridgehead atoms. The molecule has 22 heavy (non-hydrogen) atoms. The van der Waals surface area contributed by atoms with Crippen molar-refractivity contribution in [1.82, 2.24) is 9.88 Å². The summed E-state index contributed by atoms with van der Waals surface area (Å²) < 4.78 is 5.55. The van der Waals surface area contributed by atoms with Crippen LogP contribution in [0.15, 0.2) is 16.5 Å². The van der Waals surface area contributed by atoms with E-state index in [0.29, 0.717) is 17.6 Å². The molecule has 2 N–H and O–H groups in total. The lowest BCUT2D eigenvalue weighted by Gasteiger charge is -2.32. The zero-order valence-electron chi connectivity index (χ0n) is 12.6. The molecule has 3 rings (SSSR count). The van der Waals surface area contributed by atoms with Crippen molar-refractivity contribution in [3.05, 3.63) is 23.6 Å². The van der Waals surface area contributed by atoms with E-state index in [2.05, 4.69) is 4.98 Å². The number of aromatic amines is 1. The summed E-state index contributed by atoms with van der Waals surface area (Å²) in [4.78, 5) is 28.2. The zero-order chi connectivity index (χ0) is 15.7. The van der Waals surface area contributed by atoms with Crippen LogP contribution >= 0.6 is 0 Å². The fraction of sp³-hybridized carbons (Fsp3) is 0.500. The Labute approximate surface area is 128 Å². The van der Waals surface area contributed by atoms with Crippen molar-refractivity contribution in [2.45, 2.75) is 45.1 Å². The van der Waals surface area contributed by atoms with Gasteiger partial charge in [0.15, 0.2) is 11.3 Å². The second kappa shape index (κ2) is 5.87. The van der Waals surface area contributed by atoms with Crippen LogP contribution in [0.25, 0.3) is 11.1 Å². The van der Waals surface area contributed by atoms with Crippen LogP contribution in [0, 0.1) is 0 Å². The molecule has 0 atom stereocenters. The Hall–Kier alpha value is -2.24. The minimum Gasteiger partial charge on any atom is -0.477 e. The average Bonchev–Trinajstić information content (AvgIpc) is 3.07. The minimum atomic E-state index is -1.04. The molecule has 6 nitrogen and oxygen atoms in total. The Morgan fingerprint density at radius 1 is 1.32 bits per heavy atom. The van der Waals surface area contributed by atoms with Crippen molar-refractivity contribution in [1.29, 1.82) is 0 Å². The van der Waals surface area contributed by atoms with Crippen LogP contribution in [-0.2, 0) is 0 Å². The number of carboxylic acids is 1. The Bertz CT molecular complexity index is 663. The predicted molar refractivity (Wildman–Crippen MR) is 81.1 cm³/mol. The number of aromatic nitrogens is 1. The van der Waals surface area contributed by atoms with Crippen LogP contribution in [0.4, 0.5) is 0 Å². The van der Waals surface area contributed by atoms with Crippen LogP contribution in [0.3, 0.4) is 0 Å². The number of rotatable bonds is 4. The van der Waals surface area contributed by atoms with Crippen molar-refractivity contribution in [3.8, 4) is 0 Å². The van der Waals surface area contributed by atoms with E-state index < -0.39 is 5.97 Å². The maximum absolute atomic E-state index is 12.7. The van der Waals surface area contributed by atoms with Gasteiger partial charge in [0.2, 0.25) is 0 Å². The molecule has 118 valence electrons. The number of hydrogen-bond donors (Lipinski definition) is 2. The van der Waals surface area contributed by atoms with E-state index in [1.807, 2.05) is 11.8 Å². The molecule has 1 aliphatic rings. The smallest absolute Gasteiger partial charge is 0.352 e. The molecule has 0 unspecified atom stereocenters. The molecule has 2 aromatic rings. The van der Waals surface area contributed by atoms with Crippen molar-refractivity contribution in [2.75, 3.05) is 6.54 Å². The SMILES string of the molecule is CCN(C(=O)c1cc2[nH]c(C(=O)O)cc2o1)C1CCCCC1. The molecule has 0 aromatic carbocycles. The summed E-state index contributed by atoms with van der Waals surface area (Å²) in [6.07, 6.45) is 5.65. The number of amides is 1. The van der Waals surface area contributed by atoms with E-state index in [-0.39, 0.29) is 23.4 Å². The van der Waals surface area contributed by atoms with Gasteiger partial charge in [-0.1, -0.05) is 19.3 Å². The van der Waals surface area contributed by atoms with Crippen molar-refractivity contribution in [3.63, 3.8) is 0 Å². The molecular formula is C16H20N2O4. The lowest BCUT2D eigenvalue weighted by molar-refractivity contribution is 0.0617. The third-order valence-electron chi connectivity index (χ3n) is 4.36. The first-order valence-electron chi connectivity index (χ1n) is 7.77. The Morgan fingerprint density at radius 2 is 2.05 bits per heavy atom. The van der Waals surface area contributed by atoms with Gasteiger partial charge in [0, 0.05) is 24.7 Å². The third-order valence-corrected chi connectivity index (χ3v) is 4.36. The number of carbonyl (C=O) groups is 2. The molecule has 6 heteroatoms. The largest absolute Gasteiger partial charge is 0.477 e. The first-order valence-corrected chi connectivity index (χ1v) is 7.77. The molecule has 2 heterocycles. The van der Waals surface area contributed by atoms with Gasteiger partial charge in [0.25, 0.3) is 5.91 Å². The molecule has 1 fully saturated rings. The highest BCUT2D eigenvalue weighted by molar-refractivity contribution is 5.98. The number of H-pyrrole nitrogens is 1. The lowest BCUT2D eigenvalue weighted by Crippen LogP contribution is -2.41. The number of furan rings is 1. The molecule has 1 aliphatic carbocycles. The topological polar surface area (TPSA) is 86.5 Å². The van der Waals surface area contributed by atoms with Gasteiger partial charge in [-0.2, -0.15) is 0 Å².